The maximum Gasteiger partial charge on any atom is 0.191 e. The Hall–Kier alpha value is -0.470. The number of sulfone groups is 1. The summed E-state index contributed by atoms with van der Waals surface area (Å²) < 4.78 is 27.1. The summed E-state index contributed by atoms with van der Waals surface area (Å²) in [5.41, 5.74) is 0. The molecule has 1 saturated heterocycles. The molecule has 6 nitrogen and oxygen atoms in total. The zero-order chi connectivity index (χ0) is 14.8. The Labute approximate surface area is 126 Å². The molecule has 0 aliphatic carbocycles. The number of hydrogen-bond donors (Lipinski definition) is 2. The number of rotatable bonds is 8. The Morgan fingerprint density at radius 1 is 1.40 bits per heavy atom. The van der Waals surface area contributed by atoms with Crippen molar-refractivity contribution in [2.75, 3.05) is 51.1 Å². The molecule has 0 radical (unpaired) electrons. The first kappa shape index (κ1) is 17.6. The topological polar surface area (TPSA) is 79.8 Å². The Balaban J connectivity index is 2.03. The third kappa shape index (κ3) is 8.65. The van der Waals surface area contributed by atoms with E-state index >= 15 is 0 Å². The highest BCUT2D eigenvalue weighted by atomic mass is 32.2. The van der Waals surface area contributed by atoms with Crippen molar-refractivity contribution in [2.24, 2.45) is 4.99 Å². The number of hydrogen-bond acceptors (Lipinski definition) is 5. The summed E-state index contributed by atoms with van der Waals surface area (Å²) in [7, 11) is -1.20. The van der Waals surface area contributed by atoms with Crippen LogP contribution >= 0.6 is 11.8 Å². The number of guanidine groups is 1. The second-order valence-corrected chi connectivity index (χ2v) is 8.43. The minimum absolute atomic E-state index is 0.0683. The second-order valence-electron chi connectivity index (χ2n) is 4.76. The Kier molecular flexibility index (Phi) is 8.32. The number of thioether (sulfide) groups is 1. The molecule has 1 heterocycles. The molecule has 0 saturated carbocycles. The quantitative estimate of drug-likeness (QED) is 0.375. The van der Waals surface area contributed by atoms with Crippen molar-refractivity contribution in [2.45, 2.75) is 18.1 Å². The molecule has 118 valence electrons. The Bertz CT molecular complexity index is 393. The molecule has 20 heavy (non-hydrogen) atoms. The van der Waals surface area contributed by atoms with Gasteiger partial charge in [0.2, 0.25) is 0 Å². The van der Waals surface area contributed by atoms with E-state index in [0.717, 1.165) is 12.5 Å². The van der Waals surface area contributed by atoms with Crippen LogP contribution in [0, 0.1) is 0 Å². The monoisotopic (exact) mass is 323 g/mol. The second kappa shape index (κ2) is 9.46. The summed E-state index contributed by atoms with van der Waals surface area (Å²) in [5.74, 6) is 2.09. The van der Waals surface area contributed by atoms with Crippen molar-refractivity contribution in [3.05, 3.63) is 0 Å². The third-order valence-electron chi connectivity index (χ3n) is 2.88. The van der Waals surface area contributed by atoms with Crippen molar-refractivity contribution < 1.29 is 13.2 Å². The van der Waals surface area contributed by atoms with Crippen molar-refractivity contribution in [1.29, 1.82) is 0 Å². The lowest BCUT2D eigenvalue weighted by Gasteiger charge is -2.14. The highest BCUT2D eigenvalue weighted by molar-refractivity contribution is 8.00. The van der Waals surface area contributed by atoms with Crippen LogP contribution < -0.4 is 10.6 Å². The van der Waals surface area contributed by atoms with Crippen molar-refractivity contribution in [1.82, 2.24) is 10.6 Å². The average molecular weight is 323 g/mol. The minimum Gasteiger partial charge on any atom is -0.379 e. The van der Waals surface area contributed by atoms with Gasteiger partial charge in [-0.2, -0.15) is 11.8 Å². The molecule has 1 fully saturated rings. The van der Waals surface area contributed by atoms with Crippen LogP contribution in [-0.2, 0) is 14.6 Å². The van der Waals surface area contributed by atoms with Gasteiger partial charge in [0.15, 0.2) is 5.96 Å². The van der Waals surface area contributed by atoms with Gasteiger partial charge in [-0.15, -0.1) is 0 Å². The predicted octanol–water partition coefficient (Wildman–Crippen LogP) is 0.108. The molecule has 1 atom stereocenters. The van der Waals surface area contributed by atoms with E-state index in [0.29, 0.717) is 18.4 Å². The molecule has 0 aromatic heterocycles. The number of ether oxygens (including phenoxy) is 1. The molecule has 0 amide bonds. The predicted molar refractivity (Wildman–Crippen MR) is 85.4 cm³/mol. The van der Waals surface area contributed by atoms with Gasteiger partial charge in [0, 0.05) is 31.6 Å². The maximum atomic E-state index is 10.9. The summed E-state index contributed by atoms with van der Waals surface area (Å²) in [6, 6.07) is 0. The Morgan fingerprint density at radius 2 is 2.20 bits per heavy atom. The molecular weight excluding hydrogens is 298 g/mol. The van der Waals surface area contributed by atoms with Crippen LogP contribution in [0.15, 0.2) is 4.99 Å². The van der Waals surface area contributed by atoms with Crippen LogP contribution in [0.25, 0.3) is 0 Å². The molecule has 0 bridgehead atoms. The van der Waals surface area contributed by atoms with E-state index in [-0.39, 0.29) is 12.4 Å². The van der Waals surface area contributed by atoms with Gasteiger partial charge in [0.1, 0.15) is 9.84 Å². The van der Waals surface area contributed by atoms with E-state index in [4.69, 9.17) is 4.74 Å². The molecule has 0 aromatic rings. The minimum atomic E-state index is -2.93. The fourth-order valence-corrected chi connectivity index (χ4v) is 3.41. The summed E-state index contributed by atoms with van der Waals surface area (Å²) in [5, 5.41) is 7.12. The van der Waals surface area contributed by atoms with E-state index in [1.807, 2.05) is 11.8 Å². The molecule has 2 N–H and O–H groups in total. The zero-order valence-electron chi connectivity index (χ0n) is 12.2. The van der Waals surface area contributed by atoms with Gasteiger partial charge in [-0.3, -0.25) is 4.99 Å². The summed E-state index contributed by atoms with van der Waals surface area (Å²) in [4.78, 5) is 4.14. The van der Waals surface area contributed by atoms with Crippen LogP contribution in [0.5, 0.6) is 0 Å². The molecule has 1 aliphatic rings. The lowest BCUT2D eigenvalue weighted by atomic mass is 10.2. The Morgan fingerprint density at radius 3 is 2.80 bits per heavy atom. The van der Waals surface area contributed by atoms with E-state index in [1.165, 1.54) is 24.9 Å². The van der Waals surface area contributed by atoms with E-state index in [1.54, 1.807) is 7.05 Å². The molecule has 1 aliphatic heterocycles. The van der Waals surface area contributed by atoms with E-state index in [9.17, 15) is 8.42 Å². The van der Waals surface area contributed by atoms with Gasteiger partial charge in [-0.25, -0.2) is 8.42 Å². The van der Waals surface area contributed by atoms with E-state index < -0.39 is 9.84 Å². The first-order valence-electron chi connectivity index (χ1n) is 6.83. The van der Waals surface area contributed by atoms with Gasteiger partial charge < -0.3 is 15.4 Å². The van der Waals surface area contributed by atoms with Gasteiger partial charge in [-0.05, 0) is 18.6 Å². The van der Waals surface area contributed by atoms with E-state index in [2.05, 4.69) is 15.6 Å². The van der Waals surface area contributed by atoms with Crippen LogP contribution in [0.1, 0.15) is 12.8 Å². The number of nitrogens with zero attached hydrogens (tertiary/aromatic N) is 1. The fourth-order valence-electron chi connectivity index (χ4n) is 1.79. The third-order valence-corrected chi connectivity index (χ3v) is 5.19. The van der Waals surface area contributed by atoms with Crippen LogP contribution in [-0.4, -0.2) is 70.7 Å². The van der Waals surface area contributed by atoms with Crippen molar-refractivity contribution >= 4 is 27.6 Å². The standard InChI is InChI=1S/C12H25N3O3S2/c1-13-12(15-10-11-4-3-8-19-11)14-5-6-18-7-9-20(2,16)17/h11H,3-10H2,1-2H3,(H2,13,14,15). The van der Waals surface area contributed by atoms with Gasteiger partial charge >= 0.3 is 0 Å². The number of nitrogens with one attached hydrogen (secondary N) is 2. The zero-order valence-corrected chi connectivity index (χ0v) is 13.9. The first-order valence-corrected chi connectivity index (χ1v) is 9.94. The number of aliphatic imine (C=N–C) groups is 1. The molecule has 0 aromatic carbocycles. The largest absolute Gasteiger partial charge is 0.379 e. The highest BCUT2D eigenvalue weighted by Crippen LogP contribution is 2.25. The normalized spacial score (nSPS) is 20.1. The van der Waals surface area contributed by atoms with Crippen LogP contribution in [0.2, 0.25) is 0 Å². The molecule has 0 spiro atoms. The molecular formula is C12H25N3O3S2. The average Bonchev–Trinajstić information content (AvgIpc) is 2.89. The molecule has 1 rings (SSSR count). The molecule has 1 unspecified atom stereocenters. The summed E-state index contributed by atoms with van der Waals surface area (Å²) in [6.07, 6.45) is 3.78. The SMILES string of the molecule is CN=C(NCCOCCS(C)(=O)=O)NCC1CCCS1. The smallest absolute Gasteiger partial charge is 0.191 e. The maximum absolute atomic E-state index is 10.9. The lowest BCUT2D eigenvalue weighted by molar-refractivity contribution is 0.154. The summed E-state index contributed by atoms with van der Waals surface area (Å²) in [6.45, 7) is 2.25. The fraction of sp³-hybridized carbons (Fsp3) is 0.917. The summed E-state index contributed by atoms with van der Waals surface area (Å²) >= 11 is 2.01. The van der Waals surface area contributed by atoms with Crippen LogP contribution in [0.4, 0.5) is 0 Å². The molecule has 8 heteroatoms. The van der Waals surface area contributed by atoms with Gasteiger partial charge in [0.05, 0.1) is 19.0 Å². The lowest BCUT2D eigenvalue weighted by Crippen LogP contribution is -2.41. The van der Waals surface area contributed by atoms with Gasteiger partial charge in [-0.1, -0.05) is 0 Å². The van der Waals surface area contributed by atoms with Crippen molar-refractivity contribution in [3.63, 3.8) is 0 Å². The first-order chi connectivity index (χ1) is 9.51. The van der Waals surface area contributed by atoms with Crippen LogP contribution in [0.3, 0.4) is 0 Å². The van der Waals surface area contributed by atoms with Crippen molar-refractivity contribution in [3.8, 4) is 0 Å². The highest BCUT2D eigenvalue weighted by Gasteiger charge is 2.15. The van der Waals surface area contributed by atoms with Gasteiger partial charge in [0.25, 0.3) is 0 Å².